The predicted molar refractivity (Wildman–Crippen MR) is 55.1 cm³/mol. The second-order valence-electron chi connectivity index (χ2n) is 2.29. The first-order valence-corrected chi connectivity index (χ1v) is 6.42. The first-order chi connectivity index (χ1) is 5.93. The summed E-state index contributed by atoms with van der Waals surface area (Å²) in [4.78, 5) is 5.22. The third kappa shape index (κ3) is 1.18. The molecule has 0 amide bonds. The monoisotopic (exact) mass is 231 g/mol. The average Bonchev–Trinajstić information content (AvgIpc) is 2.64. The minimum Gasteiger partial charge on any atom is -0.199 e. The molecule has 1 N–H and O–H groups in total. The molecular weight excluding hydrogens is 228 g/mol. The van der Waals surface area contributed by atoms with Crippen molar-refractivity contribution < 1.29 is 0 Å². The predicted octanol–water partition coefficient (Wildman–Crippen LogP) is 2.94. The quantitative estimate of drug-likeness (QED) is 0.693. The van der Waals surface area contributed by atoms with Gasteiger partial charge in [0.2, 0.25) is 0 Å². The molecule has 0 saturated carbocycles. The number of hydrogen-bond donors (Lipinski definition) is 1. The fourth-order valence-corrected chi connectivity index (χ4v) is 4.65. The van der Waals surface area contributed by atoms with E-state index >= 15 is 0 Å². The van der Waals surface area contributed by atoms with Crippen molar-refractivity contribution >= 4 is 47.8 Å². The van der Waals surface area contributed by atoms with Gasteiger partial charge in [0.25, 0.3) is 0 Å². The third-order valence-corrected chi connectivity index (χ3v) is 5.29. The lowest BCUT2D eigenvalue weighted by Crippen LogP contribution is -1.74. The molecule has 0 spiro atoms. The van der Waals surface area contributed by atoms with Crippen LogP contribution in [0.4, 0.5) is 0 Å². The molecule has 3 rings (SSSR count). The molecule has 2 aliphatic rings. The van der Waals surface area contributed by atoms with Crippen LogP contribution in [-0.2, 0) is 0 Å². The van der Waals surface area contributed by atoms with Crippen molar-refractivity contribution in [3.8, 4) is 0 Å². The van der Waals surface area contributed by atoms with Crippen LogP contribution in [0.5, 0.6) is 0 Å². The molecule has 0 atom stereocenters. The van der Waals surface area contributed by atoms with Crippen LogP contribution < -0.4 is 8.25 Å². The van der Waals surface area contributed by atoms with E-state index in [2.05, 4.69) is 20.4 Å². The summed E-state index contributed by atoms with van der Waals surface area (Å²) >= 11 is 6.51. The van der Waals surface area contributed by atoms with Gasteiger partial charge in [-0.25, -0.2) is 0 Å². The van der Waals surface area contributed by atoms with Crippen LogP contribution in [0, 0.1) is 0 Å². The SMILES string of the molecule is c1c2c(cc3c1SNS3)S[N]S2. The van der Waals surface area contributed by atoms with Crippen LogP contribution >= 0.6 is 47.8 Å². The molecule has 0 fully saturated rings. The summed E-state index contributed by atoms with van der Waals surface area (Å²) in [5.41, 5.74) is 0. The summed E-state index contributed by atoms with van der Waals surface area (Å²) in [5.74, 6) is 0. The number of fused-ring (bicyclic) bond motifs is 2. The van der Waals surface area contributed by atoms with Crippen LogP contribution in [-0.4, -0.2) is 0 Å². The lowest BCUT2D eigenvalue weighted by molar-refractivity contribution is 1.11. The van der Waals surface area contributed by atoms with Crippen molar-refractivity contribution in [2.45, 2.75) is 19.6 Å². The fourth-order valence-electron chi connectivity index (χ4n) is 1.03. The molecule has 6 heteroatoms. The van der Waals surface area contributed by atoms with Crippen LogP contribution in [0.15, 0.2) is 31.7 Å². The molecule has 1 radical (unpaired) electrons. The van der Waals surface area contributed by atoms with E-state index in [0.29, 0.717) is 0 Å². The fraction of sp³-hybridized carbons (Fsp3) is 0. The summed E-state index contributed by atoms with van der Waals surface area (Å²) in [7, 11) is 0. The largest absolute Gasteiger partial charge is 0.199 e. The van der Waals surface area contributed by atoms with E-state index in [9.17, 15) is 0 Å². The Morgan fingerprint density at radius 1 is 0.917 bits per heavy atom. The molecule has 1 aromatic carbocycles. The van der Waals surface area contributed by atoms with Crippen LogP contribution in [0.1, 0.15) is 0 Å². The highest BCUT2D eigenvalue weighted by molar-refractivity contribution is 8.16. The number of nitrogens with zero attached hydrogens (tertiary/aromatic N) is 1. The van der Waals surface area contributed by atoms with Crippen LogP contribution in [0.25, 0.3) is 0 Å². The normalized spacial score (nSPS) is 19.3. The molecule has 0 aromatic heterocycles. The maximum atomic E-state index is 4.19. The summed E-state index contributed by atoms with van der Waals surface area (Å²) in [6, 6.07) is 4.41. The van der Waals surface area contributed by atoms with E-state index in [4.69, 9.17) is 0 Å². The van der Waals surface area contributed by atoms with Crippen molar-refractivity contribution in [3.05, 3.63) is 12.1 Å². The smallest absolute Gasteiger partial charge is 0.0415 e. The zero-order valence-corrected chi connectivity index (χ0v) is 9.00. The summed E-state index contributed by atoms with van der Waals surface area (Å²) in [5, 5.41) is 0. The number of nitrogens with one attached hydrogen (secondary N) is 1. The maximum absolute atomic E-state index is 4.19. The Labute approximate surface area is 87.6 Å². The first kappa shape index (κ1) is 7.90. The Morgan fingerprint density at radius 2 is 1.50 bits per heavy atom. The lowest BCUT2D eigenvalue weighted by Gasteiger charge is -1.97. The molecule has 0 aliphatic carbocycles. The number of rotatable bonds is 0. The second-order valence-corrected chi connectivity index (χ2v) is 6.09. The lowest BCUT2D eigenvalue weighted by atomic mass is 10.3. The van der Waals surface area contributed by atoms with E-state index in [-0.39, 0.29) is 0 Å². The van der Waals surface area contributed by atoms with Crippen molar-refractivity contribution in [1.29, 1.82) is 0 Å². The van der Waals surface area contributed by atoms with Gasteiger partial charge in [-0.05, 0) is 59.9 Å². The summed E-state index contributed by atoms with van der Waals surface area (Å²) in [6.07, 6.45) is 0. The summed E-state index contributed by atoms with van der Waals surface area (Å²) in [6.45, 7) is 0. The number of hydrogen-bond acceptors (Lipinski definition) is 5. The summed E-state index contributed by atoms with van der Waals surface area (Å²) < 4.78 is 7.36. The van der Waals surface area contributed by atoms with E-state index in [0.717, 1.165) is 0 Å². The van der Waals surface area contributed by atoms with Crippen molar-refractivity contribution in [2.75, 3.05) is 0 Å². The highest BCUT2D eigenvalue weighted by Crippen LogP contribution is 2.46. The van der Waals surface area contributed by atoms with Gasteiger partial charge in [0, 0.05) is 19.6 Å². The maximum Gasteiger partial charge on any atom is 0.0415 e. The molecule has 0 unspecified atom stereocenters. The van der Waals surface area contributed by atoms with E-state index in [1.165, 1.54) is 19.6 Å². The highest BCUT2D eigenvalue weighted by Gasteiger charge is 2.20. The Kier molecular flexibility index (Phi) is 2.00. The van der Waals surface area contributed by atoms with Gasteiger partial charge in [-0.1, -0.05) is 4.13 Å². The molecular formula is C6H3N2S4. The van der Waals surface area contributed by atoms with Gasteiger partial charge in [-0.2, -0.15) is 4.13 Å². The minimum absolute atomic E-state index is 1.29. The van der Waals surface area contributed by atoms with E-state index < -0.39 is 0 Å². The Hall–Kier alpha value is 0.540. The van der Waals surface area contributed by atoms with Gasteiger partial charge in [0.1, 0.15) is 0 Å². The molecule has 0 bridgehead atoms. The van der Waals surface area contributed by atoms with Gasteiger partial charge in [-0.15, -0.1) is 0 Å². The molecule has 2 aliphatic heterocycles. The van der Waals surface area contributed by atoms with Crippen LogP contribution in [0.2, 0.25) is 0 Å². The van der Waals surface area contributed by atoms with Gasteiger partial charge in [-0.3, -0.25) is 0 Å². The van der Waals surface area contributed by atoms with Gasteiger partial charge in [0.05, 0.1) is 0 Å². The zero-order valence-electron chi connectivity index (χ0n) is 5.73. The van der Waals surface area contributed by atoms with Gasteiger partial charge >= 0.3 is 0 Å². The molecule has 61 valence electrons. The average molecular weight is 231 g/mol. The Balaban J connectivity index is 2.18. The van der Waals surface area contributed by atoms with Gasteiger partial charge in [0.15, 0.2) is 0 Å². The molecule has 12 heavy (non-hydrogen) atoms. The van der Waals surface area contributed by atoms with Crippen LogP contribution in [0.3, 0.4) is 0 Å². The Bertz CT molecular complexity index is 280. The standard InChI is InChI=1S/C6H3N2S4/c1-3-5(11-7-9-3)2-6-4(1)10-8-12-6/h1-2,7H. The van der Waals surface area contributed by atoms with Crippen molar-refractivity contribution in [3.63, 3.8) is 0 Å². The molecule has 0 saturated heterocycles. The highest BCUT2D eigenvalue weighted by atomic mass is 32.2. The topological polar surface area (TPSA) is 26.1 Å². The molecule has 2 heterocycles. The third-order valence-electron chi connectivity index (χ3n) is 1.58. The van der Waals surface area contributed by atoms with Crippen molar-refractivity contribution in [2.24, 2.45) is 0 Å². The number of benzene rings is 1. The van der Waals surface area contributed by atoms with Gasteiger partial charge < -0.3 is 0 Å². The van der Waals surface area contributed by atoms with Crippen molar-refractivity contribution in [1.82, 2.24) is 8.25 Å². The molecule has 2 nitrogen and oxygen atoms in total. The molecule has 1 aromatic rings. The van der Waals surface area contributed by atoms with E-state index in [1.54, 1.807) is 47.8 Å². The Morgan fingerprint density at radius 3 is 2.08 bits per heavy atom. The zero-order chi connectivity index (χ0) is 7.97. The minimum atomic E-state index is 1.29. The first-order valence-electron chi connectivity index (χ1n) is 3.24. The van der Waals surface area contributed by atoms with E-state index in [1.807, 2.05) is 0 Å². The second kappa shape index (κ2) is 3.04.